The first-order chi connectivity index (χ1) is 13.7. The highest BCUT2D eigenvalue weighted by Crippen LogP contribution is 2.23. The van der Waals surface area contributed by atoms with Gasteiger partial charge in [-0.1, -0.05) is 0 Å². The van der Waals surface area contributed by atoms with Crippen LogP contribution >= 0.6 is 0 Å². The lowest BCUT2D eigenvalue weighted by molar-refractivity contribution is 0.0515. The molecule has 1 aromatic heterocycles. The molecule has 2 aromatic rings. The Morgan fingerprint density at radius 3 is 2.24 bits per heavy atom. The summed E-state index contributed by atoms with van der Waals surface area (Å²) in [5, 5.41) is 0. The zero-order chi connectivity index (χ0) is 21.2. The second kappa shape index (κ2) is 8.38. The van der Waals surface area contributed by atoms with Crippen LogP contribution in [0.1, 0.15) is 34.7 Å². The Hall–Kier alpha value is -2.65. The summed E-state index contributed by atoms with van der Waals surface area (Å²) < 4.78 is 33.9. The molecule has 9 heteroatoms. The molecule has 1 aliphatic rings. The average Bonchev–Trinajstić information content (AvgIpc) is 3.11. The number of hydrogen-bond donors (Lipinski definition) is 0. The molecule has 0 aliphatic carbocycles. The number of hydrogen-bond acceptors (Lipinski definition) is 6. The number of carbonyl (C=O) groups excluding carboxylic acids is 2. The number of sulfonamides is 1. The van der Waals surface area contributed by atoms with Gasteiger partial charge in [-0.2, -0.15) is 4.31 Å². The van der Waals surface area contributed by atoms with Crippen molar-refractivity contribution in [2.45, 2.75) is 18.7 Å². The fourth-order valence-electron chi connectivity index (χ4n) is 3.33. The van der Waals surface area contributed by atoms with Crippen molar-refractivity contribution in [3.63, 3.8) is 0 Å². The monoisotopic (exact) mass is 419 g/mol. The van der Waals surface area contributed by atoms with Gasteiger partial charge in [-0.15, -0.1) is 0 Å². The maximum absolute atomic E-state index is 13.0. The average molecular weight is 420 g/mol. The SMILES string of the molecule is CCOC(=O)c1cc(S(=O)(=O)N2CCN(c3ccc(C(C)=O)cc3)CC2)cn1C. The van der Waals surface area contributed by atoms with Crippen LogP contribution in [0, 0.1) is 0 Å². The lowest BCUT2D eigenvalue weighted by Gasteiger charge is -2.35. The Morgan fingerprint density at radius 1 is 1.07 bits per heavy atom. The predicted octanol–water partition coefficient (Wildman–Crippen LogP) is 1.92. The maximum Gasteiger partial charge on any atom is 0.354 e. The Balaban J connectivity index is 1.70. The summed E-state index contributed by atoms with van der Waals surface area (Å²) in [5.41, 5.74) is 1.81. The van der Waals surface area contributed by atoms with E-state index in [2.05, 4.69) is 4.90 Å². The number of carbonyl (C=O) groups is 2. The summed E-state index contributed by atoms with van der Waals surface area (Å²) in [6.45, 7) is 5.19. The van der Waals surface area contributed by atoms with Gasteiger partial charge in [-0.25, -0.2) is 13.2 Å². The minimum Gasteiger partial charge on any atom is -0.461 e. The minimum absolute atomic E-state index is 0.0116. The van der Waals surface area contributed by atoms with Crippen LogP contribution in [0.2, 0.25) is 0 Å². The Kier molecular flexibility index (Phi) is 6.09. The molecule has 0 spiro atoms. The summed E-state index contributed by atoms with van der Waals surface area (Å²) >= 11 is 0. The fourth-order valence-corrected chi connectivity index (χ4v) is 4.82. The summed E-state index contributed by atoms with van der Waals surface area (Å²) in [4.78, 5) is 25.6. The molecule has 2 heterocycles. The predicted molar refractivity (Wildman–Crippen MR) is 109 cm³/mol. The number of ketones is 1. The molecule has 156 valence electrons. The number of esters is 1. The Morgan fingerprint density at radius 2 is 1.69 bits per heavy atom. The zero-order valence-electron chi connectivity index (χ0n) is 16.8. The first kappa shape index (κ1) is 21.1. The van der Waals surface area contributed by atoms with E-state index in [0.29, 0.717) is 31.7 Å². The van der Waals surface area contributed by atoms with Gasteiger partial charge in [0, 0.05) is 50.7 Å². The lowest BCUT2D eigenvalue weighted by atomic mass is 10.1. The van der Waals surface area contributed by atoms with Crippen molar-refractivity contribution in [3.8, 4) is 0 Å². The van der Waals surface area contributed by atoms with Gasteiger partial charge in [-0.3, -0.25) is 4.79 Å². The highest BCUT2D eigenvalue weighted by atomic mass is 32.2. The number of anilines is 1. The van der Waals surface area contributed by atoms with Crippen LogP contribution in [0.4, 0.5) is 5.69 Å². The molecule has 8 nitrogen and oxygen atoms in total. The number of aromatic nitrogens is 1. The molecule has 1 saturated heterocycles. The third-order valence-electron chi connectivity index (χ3n) is 4.98. The zero-order valence-corrected chi connectivity index (χ0v) is 17.6. The van der Waals surface area contributed by atoms with Crippen molar-refractivity contribution >= 4 is 27.5 Å². The fraction of sp³-hybridized carbons (Fsp3) is 0.400. The van der Waals surface area contributed by atoms with E-state index >= 15 is 0 Å². The maximum atomic E-state index is 13.0. The number of nitrogens with zero attached hydrogens (tertiary/aromatic N) is 3. The number of piperazine rings is 1. The number of aryl methyl sites for hydroxylation is 1. The summed E-state index contributed by atoms with van der Waals surface area (Å²) in [6.07, 6.45) is 1.44. The smallest absolute Gasteiger partial charge is 0.354 e. The number of rotatable bonds is 6. The van der Waals surface area contributed by atoms with Crippen LogP contribution in [0.15, 0.2) is 41.4 Å². The van der Waals surface area contributed by atoms with Crippen molar-refractivity contribution in [2.75, 3.05) is 37.7 Å². The van der Waals surface area contributed by atoms with E-state index in [-0.39, 0.29) is 23.0 Å². The molecule has 0 N–H and O–H groups in total. The Bertz CT molecular complexity index is 1000. The van der Waals surface area contributed by atoms with Gasteiger partial charge in [0.15, 0.2) is 5.78 Å². The van der Waals surface area contributed by atoms with Gasteiger partial charge in [0.25, 0.3) is 0 Å². The second-order valence-corrected chi connectivity index (χ2v) is 8.82. The third-order valence-corrected chi connectivity index (χ3v) is 6.84. The number of benzene rings is 1. The van der Waals surface area contributed by atoms with Gasteiger partial charge in [0.1, 0.15) is 10.6 Å². The first-order valence-corrected chi connectivity index (χ1v) is 10.9. The molecule has 29 heavy (non-hydrogen) atoms. The number of Topliss-reactive ketones (excluding diaryl/α,β-unsaturated/α-hetero) is 1. The first-order valence-electron chi connectivity index (χ1n) is 9.43. The van der Waals surface area contributed by atoms with E-state index < -0.39 is 16.0 Å². The quantitative estimate of drug-likeness (QED) is 0.525. The van der Waals surface area contributed by atoms with Crippen molar-refractivity contribution in [3.05, 3.63) is 47.8 Å². The molecule has 0 unspecified atom stereocenters. The van der Waals surface area contributed by atoms with E-state index in [1.165, 1.54) is 28.1 Å². The van der Waals surface area contributed by atoms with Crippen LogP contribution in [-0.4, -0.2) is 61.8 Å². The molecule has 0 atom stereocenters. The molecule has 0 bridgehead atoms. The molecular formula is C20H25N3O5S. The van der Waals surface area contributed by atoms with Crippen molar-refractivity contribution in [1.29, 1.82) is 0 Å². The van der Waals surface area contributed by atoms with Crippen LogP contribution in [0.3, 0.4) is 0 Å². The second-order valence-electron chi connectivity index (χ2n) is 6.89. The van der Waals surface area contributed by atoms with E-state index in [1.54, 1.807) is 26.1 Å². The summed E-state index contributed by atoms with van der Waals surface area (Å²) in [7, 11) is -2.08. The van der Waals surface area contributed by atoms with Gasteiger partial charge in [-0.05, 0) is 44.2 Å². The van der Waals surface area contributed by atoms with Gasteiger partial charge >= 0.3 is 5.97 Å². The van der Waals surface area contributed by atoms with E-state index in [4.69, 9.17) is 4.74 Å². The van der Waals surface area contributed by atoms with Crippen LogP contribution in [0.25, 0.3) is 0 Å². The Labute approximate surface area is 170 Å². The molecule has 0 saturated carbocycles. The minimum atomic E-state index is -3.70. The molecule has 0 amide bonds. The largest absolute Gasteiger partial charge is 0.461 e. The van der Waals surface area contributed by atoms with E-state index in [1.807, 2.05) is 12.1 Å². The molecule has 1 aromatic carbocycles. The highest BCUT2D eigenvalue weighted by Gasteiger charge is 2.30. The molecule has 1 fully saturated rings. The van der Waals surface area contributed by atoms with Gasteiger partial charge in [0.05, 0.1) is 6.61 Å². The highest BCUT2D eigenvalue weighted by molar-refractivity contribution is 7.89. The van der Waals surface area contributed by atoms with Crippen LogP contribution < -0.4 is 4.90 Å². The standard InChI is InChI=1S/C20H25N3O5S/c1-4-28-20(25)19-13-18(14-21(19)3)29(26,27)23-11-9-22(10-12-23)17-7-5-16(6-8-17)15(2)24/h5-8,13-14H,4,9-12H2,1-3H3. The van der Waals surface area contributed by atoms with E-state index in [0.717, 1.165) is 5.69 Å². The van der Waals surface area contributed by atoms with Crippen molar-refractivity contribution in [1.82, 2.24) is 8.87 Å². The molecule has 1 aliphatic heterocycles. The summed E-state index contributed by atoms with van der Waals surface area (Å²) in [5.74, 6) is -0.534. The van der Waals surface area contributed by atoms with Gasteiger partial charge in [0.2, 0.25) is 10.0 Å². The van der Waals surface area contributed by atoms with Crippen LogP contribution in [-0.2, 0) is 21.8 Å². The third kappa shape index (κ3) is 4.35. The van der Waals surface area contributed by atoms with E-state index in [9.17, 15) is 18.0 Å². The summed E-state index contributed by atoms with van der Waals surface area (Å²) in [6, 6.07) is 8.68. The van der Waals surface area contributed by atoms with Crippen molar-refractivity contribution < 1.29 is 22.7 Å². The van der Waals surface area contributed by atoms with Crippen LogP contribution in [0.5, 0.6) is 0 Å². The van der Waals surface area contributed by atoms with Gasteiger partial charge < -0.3 is 14.2 Å². The molecular weight excluding hydrogens is 394 g/mol. The lowest BCUT2D eigenvalue weighted by Crippen LogP contribution is -2.48. The molecule has 3 rings (SSSR count). The topological polar surface area (TPSA) is 88.9 Å². The normalized spacial score (nSPS) is 15.3. The van der Waals surface area contributed by atoms with Crippen molar-refractivity contribution in [2.24, 2.45) is 7.05 Å². The molecule has 0 radical (unpaired) electrons. The number of ether oxygens (including phenoxy) is 1.